The molecule has 9 nitrogen and oxygen atoms in total. The van der Waals surface area contributed by atoms with Crippen molar-refractivity contribution < 1.29 is 27.9 Å². The molecule has 208 valence electrons. The number of amides is 1. The zero-order valence-corrected chi connectivity index (χ0v) is 22.0. The Balaban J connectivity index is 0.000000470. The lowest BCUT2D eigenvalue weighted by Gasteiger charge is -2.08. The largest absolute Gasteiger partial charge is 0.490 e. The Labute approximate surface area is 230 Å². The van der Waals surface area contributed by atoms with Gasteiger partial charge in [-0.25, -0.2) is 9.78 Å². The first kappa shape index (κ1) is 28.5. The fraction of sp³-hybridized carbons (Fsp3) is 0.185. The molecule has 0 aliphatic carbocycles. The second-order valence-electron chi connectivity index (χ2n) is 8.54. The number of alkyl halides is 3. The molecule has 5 aromatic rings. The normalized spacial score (nSPS) is 11.2. The lowest BCUT2D eigenvalue weighted by Crippen LogP contribution is -2.32. The van der Waals surface area contributed by atoms with E-state index in [9.17, 15) is 18.0 Å². The number of aryl methyl sites for hydroxylation is 1. The first-order valence-corrected chi connectivity index (χ1v) is 12.8. The van der Waals surface area contributed by atoms with Gasteiger partial charge in [-0.15, -0.1) is 11.3 Å². The van der Waals surface area contributed by atoms with Crippen molar-refractivity contribution in [3.05, 3.63) is 84.2 Å². The average molecular weight is 571 g/mol. The molecular formula is C27H25F3N6O3S. The monoisotopic (exact) mass is 570 g/mol. The van der Waals surface area contributed by atoms with Crippen LogP contribution in [-0.2, 0) is 18.4 Å². The maximum atomic E-state index is 12.1. The van der Waals surface area contributed by atoms with Gasteiger partial charge in [0.15, 0.2) is 0 Å². The highest BCUT2D eigenvalue weighted by atomic mass is 32.1. The molecule has 4 N–H and O–H groups in total. The van der Waals surface area contributed by atoms with Crippen molar-refractivity contribution >= 4 is 34.2 Å². The van der Waals surface area contributed by atoms with Crippen molar-refractivity contribution in [1.82, 2.24) is 30.4 Å². The highest BCUT2D eigenvalue weighted by Gasteiger charge is 2.38. The molecule has 40 heavy (non-hydrogen) atoms. The number of carbonyl (C=O) groups is 2. The lowest BCUT2D eigenvalue weighted by atomic mass is 10.1. The number of thiophene rings is 1. The van der Waals surface area contributed by atoms with Gasteiger partial charge in [-0.05, 0) is 47.5 Å². The lowest BCUT2D eigenvalue weighted by molar-refractivity contribution is -0.192. The molecule has 3 aromatic heterocycles. The Hall–Kier alpha value is -4.49. The predicted molar refractivity (Wildman–Crippen MR) is 146 cm³/mol. The molecule has 0 spiro atoms. The van der Waals surface area contributed by atoms with Gasteiger partial charge in [0.25, 0.3) is 5.91 Å². The maximum absolute atomic E-state index is 12.1. The molecule has 0 radical (unpaired) electrons. The van der Waals surface area contributed by atoms with Crippen LogP contribution in [0.2, 0.25) is 0 Å². The van der Waals surface area contributed by atoms with Crippen molar-refractivity contribution in [3.63, 3.8) is 0 Å². The third kappa shape index (κ3) is 7.33. The molecule has 0 saturated carbocycles. The number of aromatic nitrogens is 4. The molecular weight excluding hydrogens is 545 g/mol. The molecule has 2 aromatic carbocycles. The quantitative estimate of drug-likeness (QED) is 0.198. The Bertz CT molecular complexity index is 1580. The third-order valence-electron chi connectivity index (χ3n) is 5.65. The summed E-state index contributed by atoms with van der Waals surface area (Å²) in [5, 5.41) is 17.4. The number of benzene rings is 2. The number of fused-ring (bicyclic) bond motifs is 1. The van der Waals surface area contributed by atoms with Gasteiger partial charge < -0.3 is 20.7 Å². The number of imidazole rings is 1. The summed E-state index contributed by atoms with van der Waals surface area (Å²) >= 11 is 1.73. The van der Waals surface area contributed by atoms with Crippen LogP contribution in [0.3, 0.4) is 0 Å². The summed E-state index contributed by atoms with van der Waals surface area (Å²) < 4.78 is 33.3. The number of aliphatic carboxylic acids is 1. The van der Waals surface area contributed by atoms with E-state index >= 15 is 0 Å². The summed E-state index contributed by atoms with van der Waals surface area (Å²) in [6.45, 7) is 1.97. The molecule has 0 fully saturated rings. The summed E-state index contributed by atoms with van der Waals surface area (Å²) in [5.41, 5.74) is 4.97. The minimum absolute atomic E-state index is 0.114. The molecule has 0 aliphatic heterocycles. The fourth-order valence-electron chi connectivity index (χ4n) is 3.71. The van der Waals surface area contributed by atoms with Crippen molar-refractivity contribution in [2.75, 3.05) is 13.1 Å². The standard InChI is InChI=1S/C25H24N6OS.C2HF3O2/c1-31-21(11-12-28-31)25(32)27-14-13-26-16-17-5-4-6-18(15-17)22-9-10-23(33-22)24-29-19-7-2-3-8-20(19)30-24;3-2(4,5)1(6)7/h2-12,15,26H,13-14,16H2,1H3,(H,27,32)(H,29,30);(H,6,7). The van der Waals surface area contributed by atoms with E-state index in [1.807, 2.05) is 24.3 Å². The summed E-state index contributed by atoms with van der Waals surface area (Å²) in [7, 11) is 1.76. The van der Waals surface area contributed by atoms with Gasteiger partial charge in [0, 0.05) is 37.8 Å². The van der Waals surface area contributed by atoms with Crippen LogP contribution in [0.1, 0.15) is 16.1 Å². The first-order valence-electron chi connectivity index (χ1n) is 12.0. The molecule has 3 heterocycles. The molecule has 0 bridgehead atoms. The van der Waals surface area contributed by atoms with E-state index in [2.05, 4.69) is 57.1 Å². The Kier molecular flexibility index (Phi) is 8.97. The van der Waals surface area contributed by atoms with Crippen molar-refractivity contribution in [1.29, 1.82) is 0 Å². The number of nitrogens with one attached hydrogen (secondary N) is 3. The second-order valence-corrected chi connectivity index (χ2v) is 9.63. The number of para-hydroxylation sites is 2. The third-order valence-corrected chi connectivity index (χ3v) is 6.79. The number of hydrogen-bond acceptors (Lipinski definition) is 6. The SMILES string of the molecule is Cn1nccc1C(=O)NCCNCc1cccc(-c2ccc(-c3nc4ccccc4[nH]3)s2)c1.O=C(O)C(F)(F)F. The van der Waals surface area contributed by atoms with Gasteiger partial charge in [-0.2, -0.15) is 18.3 Å². The minimum atomic E-state index is -5.08. The number of carboxylic acids is 1. The number of hydrogen-bond donors (Lipinski definition) is 4. The first-order chi connectivity index (χ1) is 19.1. The summed E-state index contributed by atoms with van der Waals surface area (Å²) in [6, 6.07) is 22.6. The molecule has 13 heteroatoms. The van der Waals surface area contributed by atoms with Gasteiger partial charge in [-0.1, -0.05) is 30.3 Å². The van der Waals surface area contributed by atoms with Crippen LogP contribution in [0.4, 0.5) is 13.2 Å². The second kappa shape index (κ2) is 12.6. The number of nitrogens with zero attached hydrogens (tertiary/aromatic N) is 3. The topological polar surface area (TPSA) is 125 Å². The number of carboxylic acid groups (broad SMARTS) is 1. The molecule has 0 atom stereocenters. The summed E-state index contributed by atoms with van der Waals surface area (Å²) in [5.74, 6) is -1.97. The van der Waals surface area contributed by atoms with Crippen LogP contribution in [0.5, 0.6) is 0 Å². The Morgan fingerprint density at radius 2 is 1.77 bits per heavy atom. The van der Waals surface area contributed by atoms with E-state index in [4.69, 9.17) is 14.9 Å². The highest BCUT2D eigenvalue weighted by Crippen LogP contribution is 2.34. The van der Waals surface area contributed by atoms with E-state index in [1.165, 1.54) is 16.0 Å². The van der Waals surface area contributed by atoms with Crippen LogP contribution in [-0.4, -0.2) is 56.0 Å². The number of carbonyl (C=O) groups excluding carboxylic acids is 1. The molecule has 0 aliphatic rings. The van der Waals surface area contributed by atoms with Crippen LogP contribution in [0.25, 0.3) is 32.2 Å². The van der Waals surface area contributed by atoms with Crippen molar-refractivity contribution in [3.8, 4) is 21.1 Å². The van der Waals surface area contributed by atoms with Gasteiger partial charge in [0.2, 0.25) is 0 Å². The van der Waals surface area contributed by atoms with Gasteiger partial charge in [0.05, 0.1) is 15.9 Å². The molecule has 0 unspecified atom stereocenters. The Morgan fingerprint density at radius 3 is 2.48 bits per heavy atom. The van der Waals surface area contributed by atoms with Crippen molar-refractivity contribution in [2.24, 2.45) is 7.05 Å². The van der Waals surface area contributed by atoms with E-state index in [-0.39, 0.29) is 5.91 Å². The average Bonchev–Trinajstić information content (AvgIpc) is 3.67. The zero-order valence-electron chi connectivity index (χ0n) is 21.2. The zero-order chi connectivity index (χ0) is 28.7. The maximum Gasteiger partial charge on any atom is 0.490 e. The van der Waals surface area contributed by atoms with E-state index in [1.54, 1.807) is 35.3 Å². The fourth-order valence-corrected chi connectivity index (χ4v) is 4.66. The van der Waals surface area contributed by atoms with E-state index in [0.29, 0.717) is 18.8 Å². The molecule has 0 saturated heterocycles. The number of H-pyrrole nitrogens is 1. The number of halogens is 3. The van der Waals surface area contributed by atoms with Gasteiger partial charge in [0.1, 0.15) is 11.5 Å². The number of aromatic amines is 1. The van der Waals surface area contributed by atoms with E-state index in [0.717, 1.165) is 28.3 Å². The van der Waals surface area contributed by atoms with Gasteiger partial charge in [-0.3, -0.25) is 9.48 Å². The molecule has 1 amide bonds. The number of rotatable bonds is 8. The smallest absolute Gasteiger partial charge is 0.475 e. The van der Waals surface area contributed by atoms with Crippen LogP contribution < -0.4 is 10.6 Å². The van der Waals surface area contributed by atoms with Crippen molar-refractivity contribution in [2.45, 2.75) is 12.7 Å². The van der Waals surface area contributed by atoms with Crippen LogP contribution >= 0.6 is 11.3 Å². The van der Waals surface area contributed by atoms with Gasteiger partial charge >= 0.3 is 12.1 Å². The molecule has 5 rings (SSSR count). The Morgan fingerprint density at radius 1 is 1.02 bits per heavy atom. The summed E-state index contributed by atoms with van der Waals surface area (Å²) in [6.07, 6.45) is -3.46. The van der Waals surface area contributed by atoms with Crippen LogP contribution in [0, 0.1) is 0 Å². The van der Waals surface area contributed by atoms with E-state index < -0.39 is 12.1 Å². The predicted octanol–water partition coefficient (Wildman–Crippen LogP) is 4.84. The highest BCUT2D eigenvalue weighted by molar-refractivity contribution is 7.18. The summed E-state index contributed by atoms with van der Waals surface area (Å²) in [4.78, 5) is 31.4. The van der Waals surface area contributed by atoms with Crippen LogP contribution in [0.15, 0.2) is 72.9 Å². The minimum Gasteiger partial charge on any atom is -0.475 e.